The second-order valence-corrected chi connectivity index (χ2v) is 11.4. The summed E-state index contributed by atoms with van der Waals surface area (Å²) in [5, 5.41) is 13.8. The number of carbonyl (C=O) groups is 2. The van der Waals surface area contributed by atoms with Gasteiger partial charge in [-0.15, -0.1) is 0 Å². The Bertz CT molecular complexity index is 1690. The van der Waals surface area contributed by atoms with E-state index >= 15 is 0 Å². The van der Waals surface area contributed by atoms with Crippen LogP contribution in [-0.2, 0) is 32.6 Å². The van der Waals surface area contributed by atoms with Crippen LogP contribution in [-0.4, -0.2) is 49.7 Å². The number of rotatable bonds is 12. The Kier molecular flexibility index (Phi) is 9.83. The second kappa shape index (κ2) is 13.7. The third-order valence-corrected chi connectivity index (χ3v) is 8.56. The number of nitro benzene ring substituents is 1. The summed E-state index contributed by atoms with van der Waals surface area (Å²) < 4.78 is 43.4. The molecule has 0 saturated heterocycles. The maximum absolute atomic E-state index is 14.8. The summed E-state index contributed by atoms with van der Waals surface area (Å²) in [4.78, 5) is 39.0. The van der Waals surface area contributed by atoms with Gasteiger partial charge in [0.15, 0.2) is 0 Å². The first-order valence-corrected chi connectivity index (χ1v) is 14.7. The van der Waals surface area contributed by atoms with Gasteiger partial charge in [0, 0.05) is 37.7 Å². The molecule has 0 aliphatic carbocycles. The normalized spacial score (nSPS) is 11.8. The molecule has 2 amide bonds. The Balaban J connectivity index is 1.80. The minimum atomic E-state index is -4.37. The fourth-order valence-electron chi connectivity index (χ4n) is 4.52. The van der Waals surface area contributed by atoms with Gasteiger partial charge in [-0.2, -0.15) is 0 Å². The summed E-state index contributed by atoms with van der Waals surface area (Å²) in [7, 11) is -2.95. The summed E-state index contributed by atoms with van der Waals surface area (Å²) in [6.07, 6.45) is 0.0731. The molecule has 4 aromatic rings. The quantitative estimate of drug-likeness (QED) is 0.189. The van der Waals surface area contributed by atoms with Crippen LogP contribution in [0.25, 0.3) is 0 Å². The fourth-order valence-corrected chi connectivity index (χ4v) is 5.95. The summed E-state index contributed by atoms with van der Waals surface area (Å²) in [6.45, 7) is -1.10. The lowest BCUT2D eigenvalue weighted by atomic mass is 10.0. The first-order chi connectivity index (χ1) is 20.6. The molecule has 0 aromatic heterocycles. The van der Waals surface area contributed by atoms with E-state index in [1.807, 2.05) is 0 Å². The van der Waals surface area contributed by atoms with Crippen molar-refractivity contribution in [2.24, 2.45) is 0 Å². The molecule has 0 aliphatic heterocycles. The number of nitrogens with zero attached hydrogens (tertiary/aromatic N) is 3. The van der Waals surface area contributed by atoms with E-state index in [2.05, 4.69) is 5.32 Å². The fraction of sp³-hybridized carbons (Fsp3) is 0.161. The summed E-state index contributed by atoms with van der Waals surface area (Å²) in [6, 6.07) is 25.7. The van der Waals surface area contributed by atoms with Crippen molar-refractivity contribution in [2.45, 2.75) is 23.9 Å². The highest BCUT2D eigenvalue weighted by atomic mass is 32.2. The predicted octanol–water partition coefficient (Wildman–Crippen LogP) is 4.32. The summed E-state index contributed by atoms with van der Waals surface area (Å²) >= 11 is 0. The van der Waals surface area contributed by atoms with E-state index in [1.54, 1.807) is 42.5 Å². The zero-order valence-corrected chi connectivity index (χ0v) is 24.0. The average Bonchev–Trinajstić information content (AvgIpc) is 3.02. The van der Waals surface area contributed by atoms with Gasteiger partial charge in [-0.05, 0) is 35.9 Å². The van der Waals surface area contributed by atoms with E-state index in [0.717, 1.165) is 26.9 Å². The van der Waals surface area contributed by atoms with Crippen molar-refractivity contribution < 1.29 is 27.3 Å². The van der Waals surface area contributed by atoms with Gasteiger partial charge < -0.3 is 10.2 Å². The number of anilines is 1. The Morgan fingerprint density at radius 1 is 0.884 bits per heavy atom. The van der Waals surface area contributed by atoms with Crippen molar-refractivity contribution in [3.63, 3.8) is 0 Å². The van der Waals surface area contributed by atoms with Crippen LogP contribution in [0.4, 0.5) is 15.8 Å². The predicted molar refractivity (Wildman–Crippen MR) is 159 cm³/mol. The minimum absolute atomic E-state index is 0.00630. The second-order valence-electron chi connectivity index (χ2n) is 9.53. The van der Waals surface area contributed by atoms with E-state index in [9.17, 15) is 32.5 Å². The monoisotopic (exact) mass is 604 g/mol. The molecule has 222 valence electrons. The van der Waals surface area contributed by atoms with Gasteiger partial charge in [0.25, 0.3) is 15.7 Å². The first-order valence-electron chi connectivity index (χ1n) is 13.2. The zero-order chi connectivity index (χ0) is 31.0. The SMILES string of the molecule is CNC(=O)[C@H](Cc1ccccc1)N(Cc1ccccc1F)C(=O)CN(c1ccc([N+](=O)[O-])cc1)S(=O)(=O)c1ccccc1. The molecule has 4 rings (SSSR count). The van der Waals surface area contributed by atoms with Crippen molar-refractivity contribution in [3.05, 3.63) is 136 Å². The Hall–Kier alpha value is -5.10. The third kappa shape index (κ3) is 7.41. The maximum Gasteiger partial charge on any atom is 0.269 e. The number of halogens is 1. The number of hydrogen-bond acceptors (Lipinski definition) is 6. The smallest absolute Gasteiger partial charge is 0.269 e. The largest absolute Gasteiger partial charge is 0.357 e. The molecule has 0 bridgehead atoms. The van der Waals surface area contributed by atoms with Crippen LogP contribution in [0, 0.1) is 15.9 Å². The molecule has 1 atom stereocenters. The van der Waals surface area contributed by atoms with Gasteiger partial charge in [0.2, 0.25) is 11.8 Å². The maximum atomic E-state index is 14.8. The van der Waals surface area contributed by atoms with E-state index < -0.39 is 45.2 Å². The van der Waals surface area contributed by atoms with Crippen molar-refractivity contribution in [1.29, 1.82) is 0 Å². The van der Waals surface area contributed by atoms with E-state index in [1.165, 1.54) is 61.6 Å². The average molecular weight is 605 g/mol. The van der Waals surface area contributed by atoms with E-state index in [0.29, 0.717) is 0 Å². The van der Waals surface area contributed by atoms with Gasteiger partial charge in [-0.1, -0.05) is 66.7 Å². The molecule has 12 heteroatoms. The van der Waals surface area contributed by atoms with Crippen molar-refractivity contribution in [3.8, 4) is 0 Å². The standard InChI is InChI=1S/C31H29FN4O6S/c1-33-31(38)29(20-23-10-4-2-5-11-23)34(21-24-12-8-9-15-28(24)32)30(37)22-35(25-16-18-26(19-17-25)36(39)40)43(41,42)27-13-6-3-7-14-27/h2-19,29H,20-22H2,1H3,(H,33,38)/t29-/m0/s1. The molecule has 0 radical (unpaired) electrons. The molecular weight excluding hydrogens is 575 g/mol. The number of nitrogens with one attached hydrogen (secondary N) is 1. The third-order valence-electron chi connectivity index (χ3n) is 6.77. The summed E-state index contributed by atoms with van der Waals surface area (Å²) in [5.74, 6) is -1.91. The lowest BCUT2D eigenvalue weighted by Crippen LogP contribution is -2.53. The molecule has 0 saturated carbocycles. The van der Waals surface area contributed by atoms with Crippen LogP contribution < -0.4 is 9.62 Å². The molecule has 0 spiro atoms. The van der Waals surface area contributed by atoms with Gasteiger partial charge >= 0.3 is 0 Å². The van der Waals surface area contributed by atoms with Gasteiger partial charge in [-0.25, -0.2) is 12.8 Å². The van der Waals surface area contributed by atoms with E-state index in [-0.39, 0.29) is 34.8 Å². The topological polar surface area (TPSA) is 130 Å². The molecule has 0 unspecified atom stereocenters. The number of likely N-dealkylation sites (N-methyl/N-ethyl adjacent to an activating group) is 1. The van der Waals surface area contributed by atoms with Gasteiger partial charge in [0.05, 0.1) is 15.5 Å². The van der Waals surface area contributed by atoms with Crippen LogP contribution >= 0.6 is 0 Å². The van der Waals surface area contributed by atoms with Crippen LogP contribution in [0.2, 0.25) is 0 Å². The molecule has 0 aliphatic rings. The number of non-ortho nitro benzene ring substituents is 1. The minimum Gasteiger partial charge on any atom is -0.357 e. The molecule has 1 N–H and O–H groups in total. The number of carbonyl (C=O) groups excluding carboxylic acids is 2. The van der Waals surface area contributed by atoms with Crippen LogP contribution in [0.5, 0.6) is 0 Å². The highest BCUT2D eigenvalue weighted by Crippen LogP contribution is 2.27. The van der Waals surface area contributed by atoms with Crippen LogP contribution in [0.15, 0.2) is 114 Å². The van der Waals surface area contributed by atoms with Crippen LogP contribution in [0.1, 0.15) is 11.1 Å². The highest BCUT2D eigenvalue weighted by molar-refractivity contribution is 7.92. The number of sulfonamides is 1. The molecular formula is C31H29FN4O6S. The number of benzene rings is 4. The molecule has 0 fully saturated rings. The highest BCUT2D eigenvalue weighted by Gasteiger charge is 2.34. The molecule has 43 heavy (non-hydrogen) atoms. The van der Waals surface area contributed by atoms with Gasteiger partial charge in [0.1, 0.15) is 18.4 Å². The Labute approximate surface area is 248 Å². The Morgan fingerprint density at radius 2 is 1.47 bits per heavy atom. The van der Waals surface area contributed by atoms with E-state index in [4.69, 9.17) is 0 Å². The zero-order valence-electron chi connectivity index (χ0n) is 23.2. The van der Waals surface area contributed by atoms with Crippen LogP contribution in [0.3, 0.4) is 0 Å². The molecule has 10 nitrogen and oxygen atoms in total. The Morgan fingerprint density at radius 3 is 2.05 bits per heavy atom. The number of amides is 2. The van der Waals surface area contributed by atoms with Crippen molar-refractivity contribution in [1.82, 2.24) is 10.2 Å². The number of nitro groups is 1. The lowest BCUT2D eigenvalue weighted by molar-refractivity contribution is -0.384. The summed E-state index contributed by atoms with van der Waals surface area (Å²) in [5.41, 5.74) is 0.584. The van der Waals surface area contributed by atoms with Crippen molar-refractivity contribution in [2.75, 3.05) is 17.9 Å². The lowest BCUT2D eigenvalue weighted by Gasteiger charge is -2.33. The molecule has 4 aromatic carbocycles. The van der Waals surface area contributed by atoms with Gasteiger partial charge in [-0.3, -0.25) is 24.0 Å². The first kappa shape index (κ1) is 30.8. The number of hydrogen-bond donors (Lipinski definition) is 1. The molecule has 0 heterocycles. The van der Waals surface area contributed by atoms with Crippen molar-refractivity contribution >= 4 is 33.2 Å².